The van der Waals surface area contributed by atoms with Crippen LogP contribution in [-0.4, -0.2) is 24.3 Å². The van der Waals surface area contributed by atoms with Crippen molar-refractivity contribution in [1.29, 1.82) is 0 Å². The van der Waals surface area contributed by atoms with E-state index < -0.39 is 18.5 Å². The van der Waals surface area contributed by atoms with Gasteiger partial charge in [0.25, 0.3) is 5.91 Å². The third-order valence-corrected chi connectivity index (χ3v) is 5.77. The number of ether oxygens (including phenoxy) is 1. The van der Waals surface area contributed by atoms with Crippen molar-refractivity contribution in [2.45, 2.75) is 26.8 Å². The predicted molar refractivity (Wildman–Crippen MR) is 117 cm³/mol. The molecule has 2 aromatic carbocycles. The Hall–Kier alpha value is -3.25. The van der Waals surface area contributed by atoms with Crippen molar-refractivity contribution in [3.8, 4) is 0 Å². The lowest BCUT2D eigenvalue weighted by Gasteiger charge is -2.13. The summed E-state index contributed by atoms with van der Waals surface area (Å²) in [6.45, 7) is 5.21. The summed E-state index contributed by atoms with van der Waals surface area (Å²) in [7, 11) is 0. The number of esters is 1. The van der Waals surface area contributed by atoms with Gasteiger partial charge in [0.05, 0.1) is 11.6 Å². The van der Waals surface area contributed by atoms with Crippen molar-refractivity contribution < 1.29 is 19.1 Å². The maximum Gasteiger partial charge on any atom is 0.339 e. The Bertz CT molecular complexity index is 1070. The largest absolute Gasteiger partial charge is 0.452 e. The van der Waals surface area contributed by atoms with Crippen LogP contribution in [0.2, 0.25) is 0 Å². The molecule has 3 aromatic rings. The molecule has 0 saturated carbocycles. The molecule has 1 amide bonds. The maximum absolute atomic E-state index is 13.1. The van der Waals surface area contributed by atoms with Crippen molar-refractivity contribution in [1.82, 2.24) is 5.32 Å². The fourth-order valence-corrected chi connectivity index (χ4v) is 3.82. The minimum Gasteiger partial charge on any atom is -0.452 e. The molecule has 0 saturated heterocycles. The van der Waals surface area contributed by atoms with Crippen molar-refractivity contribution in [3.63, 3.8) is 0 Å². The Kier molecular flexibility index (Phi) is 6.79. The van der Waals surface area contributed by atoms with Gasteiger partial charge in [0.1, 0.15) is 0 Å². The van der Waals surface area contributed by atoms with Gasteiger partial charge in [-0.15, -0.1) is 11.3 Å². The van der Waals surface area contributed by atoms with E-state index in [0.29, 0.717) is 5.56 Å². The van der Waals surface area contributed by atoms with Gasteiger partial charge in [0.2, 0.25) is 0 Å². The van der Waals surface area contributed by atoms with E-state index in [-0.39, 0.29) is 23.0 Å². The van der Waals surface area contributed by atoms with Crippen LogP contribution in [-0.2, 0) is 9.53 Å². The average molecular weight is 422 g/mol. The first kappa shape index (κ1) is 21.5. The highest BCUT2D eigenvalue weighted by Crippen LogP contribution is 2.20. The van der Waals surface area contributed by atoms with E-state index in [1.54, 1.807) is 24.3 Å². The summed E-state index contributed by atoms with van der Waals surface area (Å²) in [5.41, 5.74) is 2.72. The summed E-state index contributed by atoms with van der Waals surface area (Å²) < 4.78 is 5.19. The molecule has 30 heavy (non-hydrogen) atoms. The lowest BCUT2D eigenvalue weighted by atomic mass is 9.94. The minimum atomic E-state index is -0.705. The number of aryl methyl sites for hydroxylation is 2. The Morgan fingerprint density at radius 3 is 2.40 bits per heavy atom. The predicted octanol–water partition coefficient (Wildman–Crippen LogP) is 4.63. The van der Waals surface area contributed by atoms with E-state index in [1.165, 1.54) is 17.4 Å². The fourth-order valence-electron chi connectivity index (χ4n) is 3.09. The number of hydrogen-bond donors (Lipinski definition) is 1. The molecule has 0 bridgehead atoms. The standard InChI is InChI=1S/C24H23NO4S/c1-15-10-11-16(2)20(13-15)23(27)18-7-4-5-8-19(18)24(28)29-14-22(26)25-17(3)21-9-6-12-30-21/h4-13,17H,14H2,1-3H3,(H,25,26)/t17-/m1/s1. The zero-order chi connectivity index (χ0) is 21.7. The Morgan fingerprint density at radius 1 is 0.967 bits per heavy atom. The van der Waals surface area contributed by atoms with E-state index in [9.17, 15) is 14.4 Å². The molecule has 6 heteroatoms. The molecular weight excluding hydrogens is 398 g/mol. The summed E-state index contributed by atoms with van der Waals surface area (Å²) in [4.78, 5) is 38.9. The number of nitrogens with one attached hydrogen (secondary N) is 1. The topological polar surface area (TPSA) is 72.5 Å². The van der Waals surface area contributed by atoms with Gasteiger partial charge in [-0.1, -0.05) is 42.0 Å². The van der Waals surface area contributed by atoms with Crippen molar-refractivity contribution in [2.75, 3.05) is 6.61 Å². The lowest BCUT2D eigenvalue weighted by molar-refractivity contribution is -0.124. The van der Waals surface area contributed by atoms with E-state index in [2.05, 4.69) is 5.32 Å². The molecule has 1 heterocycles. The van der Waals surface area contributed by atoms with Crippen molar-refractivity contribution in [2.24, 2.45) is 0 Å². The molecule has 0 radical (unpaired) electrons. The smallest absolute Gasteiger partial charge is 0.339 e. The number of ketones is 1. The zero-order valence-corrected chi connectivity index (χ0v) is 17.9. The lowest BCUT2D eigenvalue weighted by Crippen LogP contribution is -2.31. The summed E-state index contributed by atoms with van der Waals surface area (Å²) in [5, 5.41) is 4.73. The SMILES string of the molecule is Cc1ccc(C)c(C(=O)c2ccccc2C(=O)OCC(=O)N[C@H](C)c2cccs2)c1. The number of benzene rings is 2. The molecule has 0 unspecified atom stereocenters. The van der Waals surface area contributed by atoms with E-state index in [1.807, 2.05) is 50.4 Å². The molecule has 1 N–H and O–H groups in total. The number of thiophene rings is 1. The van der Waals surface area contributed by atoms with Crippen LogP contribution in [0.15, 0.2) is 60.0 Å². The second-order valence-electron chi connectivity index (χ2n) is 7.07. The highest BCUT2D eigenvalue weighted by molar-refractivity contribution is 7.10. The second-order valence-corrected chi connectivity index (χ2v) is 8.05. The number of carbonyl (C=O) groups is 3. The Balaban J connectivity index is 1.70. The maximum atomic E-state index is 13.1. The number of rotatable bonds is 7. The van der Waals surface area contributed by atoms with Crippen LogP contribution in [0, 0.1) is 13.8 Å². The Labute approximate surface area is 179 Å². The summed E-state index contributed by atoms with van der Waals surface area (Å²) in [6.07, 6.45) is 0. The Morgan fingerprint density at radius 2 is 1.70 bits per heavy atom. The number of carbonyl (C=O) groups excluding carboxylic acids is 3. The molecule has 0 aliphatic heterocycles. The minimum absolute atomic E-state index is 0.141. The summed E-state index contributed by atoms with van der Waals surface area (Å²) >= 11 is 1.54. The summed E-state index contributed by atoms with van der Waals surface area (Å²) in [6, 6.07) is 15.8. The molecule has 0 fully saturated rings. The normalized spacial score (nSPS) is 11.6. The first-order valence-corrected chi connectivity index (χ1v) is 10.5. The van der Waals surface area contributed by atoms with Crippen LogP contribution in [0.1, 0.15) is 55.2 Å². The molecular formula is C24H23NO4S. The van der Waals surface area contributed by atoms with Gasteiger partial charge in [-0.05, 0) is 49.9 Å². The molecule has 3 rings (SSSR count). The van der Waals surface area contributed by atoms with Gasteiger partial charge in [-0.25, -0.2) is 4.79 Å². The van der Waals surface area contributed by atoms with Crippen LogP contribution in [0.5, 0.6) is 0 Å². The van der Waals surface area contributed by atoms with Crippen LogP contribution in [0.3, 0.4) is 0 Å². The highest BCUT2D eigenvalue weighted by atomic mass is 32.1. The van der Waals surface area contributed by atoms with Gasteiger partial charge in [0.15, 0.2) is 12.4 Å². The van der Waals surface area contributed by atoms with Gasteiger partial charge in [-0.2, -0.15) is 0 Å². The van der Waals surface area contributed by atoms with Gasteiger partial charge >= 0.3 is 5.97 Å². The van der Waals surface area contributed by atoms with Gasteiger partial charge < -0.3 is 10.1 Å². The van der Waals surface area contributed by atoms with E-state index in [0.717, 1.165) is 16.0 Å². The highest BCUT2D eigenvalue weighted by Gasteiger charge is 2.21. The van der Waals surface area contributed by atoms with Crippen LogP contribution in [0.4, 0.5) is 0 Å². The van der Waals surface area contributed by atoms with E-state index in [4.69, 9.17) is 4.74 Å². The molecule has 0 spiro atoms. The third-order valence-electron chi connectivity index (χ3n) is 4.71. The zero-order valence-electron chi connectivity index (χ0n) is 17.1. The first-order valence-electron chi connectivity index (χ1n) is 9.57. The van der Waals surface area contributed by atoms with Gasteiger partial charge in [0, 0.05) is 16.0 Å². The molecule has 154 valence electrons. The summed E-state index contributed by atoms with van der Waals surface area (Å²) in [5.74, 6) is -1.36. The molecule has 1 atom stereocenters. The fraction of sp³-hybridized carbons (Fsp3) is 0.208. The van der Waals surface area contributed by atoms with Crippen LogP contribution >= 0.6 is 11.3 Å². The van der Waals surface area contributed by atoms with Gasteiger partial charge in [-0.3, -0.25) is 9.59 Å². The number of hydrogen-bond acceptors (Lipinski definition) is 5. The second kappa shape index (κ2) is 9.50. The van der Waals surface area contributed by atoms with Crippen molar-refractivity contribution >= 4 is 29.0 Å². The van der Waals surface area contributed by atoms with Crippen LogP contribution in [0.25, 0.3) is 0 Å². The van der Waals surface area contributed by atoms with Crippen LogP contribution < -0.4 is 5.32 Å². The molecule has 1 aromatic heterocycles. The quantitative estimate of drug-likeness (QED) is 0.446. The monoisotopic (exact) mass is 421 g/mol. The average Bonchev–Trinajstić information content (AvgIpc) is 3.28. The number of amides is 1. The first-order chi connectivity index (χ1) is 14.4. The van der Waals surface area contributed by atoms with Crippen molar-refractivity contribution in [3.05, 3.63) is 92.7 Å². The molecule has 0 aliphatic carbocycles. The third kappa shape index (κ3) is 5.02. The molecule has 5 nitrogen and oxygen atoms in total. The molecule has 0 aliphatic rings. The van der Waals surface area contributed by atoms with E-state index >= 15 is 0 Å².